The van der Waals surface area contributed by atoms with Crippen LogP contribution in [0.25, 0.3) is 0 Å². The lowest BCUT2D eigenvalue weighted by molar-refractivity contribution is 0.0465. The van der Waals surface area contributed by atoms with Crippen LogP contribution in [0.3, 0.4) is 0 Å². The van der Waals surface area contributed by atoms with Crippen molar-refractivity contribution in [3.63, 3.8) is 0 Å². The van der Waals surface area contributed by atoms with Crippen molar-refractivity contribution in [3.8, 4) is 0 Å². The molecule has 1 fully saturated rings. The van der Waals surface area contributed by atoms with Crippen LogP contribution in [0.5, 0.6) is 0 Å². The molecule has 104 valence electrons. The van der Waals surface area contributed by atoms with E-state index in [4.69, 9.17) is 4.74 Å². The Hall–Kier alpha value is -1.73. The molecule has 0 amide bonds. The third-order valence-electron chi connectivity index (χ3n) is 3.14. The Labute approximate surface area is 124 Å². The Morgan fingerprint density at radius 2 is 2.15 bits per heavy atom. The van der Waals surface area contributed by atoms with Crippen LogP contribution in [0.15, 0.2) is 34.9 Å². The number of hydrogen-bond acceptors (Lipinski definition) is 5. The van der Waals surface area contributed by atoms with Gasteiger partial charge in [-0.15, -0.1) is 5.10 Å². The van der Waals surface area contributed by atoms with Gasteiger partial charge in [0, 0.05) is 17.6 Å². The van der Waals surface area contributed by atoms with Gasteiger partial charge in [-0.25, -0.2) is 9.48 Å². The number of halogens is 1. The fourth-order valence-electron chi connectivity index (χ4n) is 1.81. The maximum absolute atomic E-state index is 11.9. The van der Waals surface area contributed by atoms with E-state index in [1.165, 1.54) is 0 Å². The lowest BCUT2D eigenvalue weighted by Gasteiger charge is -2.26. The molecule has 20 heavy (non-hydrogen) atoms. The predicted molar refractivity (Wildman–Crippen MR) is 75.2 cm³/mol. The van der Waals surface area contributed by atoms with Gasteiger partial charge in [0.15, 0.2) is 5.69 Å². The Balaban J connectivity index is 1.58. The van der Waals surface area contributed by atoms with Crippen molar-refractivity contribution >= 4 is 21.9 Å². The number of rotatable bonds is 4. The van der Waals surface area contributed by atoms with Gasteiger partial charge in [-0.2, -0.15) is 0 Å². The maximum atomic E-state index is 11.9. The van der Waals surface area contributed by atoms with Crippen molar-refractivity contribution in [2.45, 2.75) is 12.6 Å². The molecule has 0 aliphatic carbocycles. The highest BCUT2D eigenvalue weighted by atomic mass is 79.9. The summed E-state index contributed by atoms with van der Waals surface area (Å²) in [7, 11) is 0. The minimum absolute atomic E-state index is 0.226. The molecule has 0 atom stereocenters. The van der Waals surface area contributed by atoms with Crippen molar-refractivity contribution in [3.05, 3.63) is 46.2 Å². The second kappa shape index (κ2) is 5.72. The van der Waals surface area contributed by atoms with Gasteiger partial charge < -0.3 is 10.1 Å². The van der Waals surface area contributed by atoms with Gasteiger partial charge in [0.05, 0.1) is 12.2 Å². The highest BCUT2D eigenvalue weighted by molar-refractivity contribution is 9.10. The summed E-state index contributed by atoms with van der Waals surface area (Å²) in [4.78, 5) is 11.9. The molecule has 1 aromatic heterocycles. The average Bonchev–Trinajstić information content (AvgIpc) is 2.85. The SMILES string of the molecule is O=C(OCc1ccc(Br)cc1)c1cn(C2CNC2)nn1. The lowest BCUT2D eigenvalue weighted by Crippen LogP contribution is -2.43. The van der Waals surface area contributed by atoms with E-state index in [0.717, 1.165) is 23.1 Å². The van der Waals surface area contributed by atoms with Gasteiger partial charge in [-0.05, 0) is 17.7 Å². The lowest BCUT2D eigenvalue weighted by atomic mass is 10.2. The molecule has 1 N–H and O–H groups in total. The Morgan fingerprint density at radius 3 is 2.80 bits per heavy atom. The molecule has 2 aromatic rings. The van der Waals surface area contributed by atoms with Gasteiger partial charge in [0.25, 0.3) is 0 Å². The zero-order valence-corrected chi connectivity index (χ0v) is 12.2. The minimum Gasteiger partial charge on any atom is -0.456 e. The summed E-state index contributed by atoms with van der Waals surface area (Å²) in [5, 5.41) is 10.9. The van der Waals surface area contributed by atoms with Crippen LogP contribution >= 0.6 is 15.9 Å². The first kappa shape index (κ1) is 13.3. The summed E-state index contributed by atoms with van der Waals surface area (Å²) in [5.74, 6) is -0.452. The molecule has 6 nitrogen and oxygen atoms in total. The maximum Gasteiger partial charge on any atom is 0.360 e. The number of benzene rings is 1. The van der Waals surface area contributed by atoms with E-state index in [1.54, 1.807) is 10.9 Å². The summed E-state index contributed by atoms with van der Waals surface area (Å²) in [5.41, 5.74) is 1.17. The predicted octanol–water partition coefficient (Wildman–Crippen LogP) is 1.54. The van der Waals surface area contributed by atoms with Crippen molar-refractivity contribution in [1.82, 2.24) is 20.3 Å². The highest BCUT2D eigenvalue weighted by Crippen LogP contribution is 2.13. The molecule has 0 unspecified atom stereocenters. The highest BCUT2D eigenvalue weighted by Gasteiger charge is 2.22. The first-order valence-corrected chi connectivity index (χ1v) is 7.06. The van der Waals surface area contributed by atoms with Crippen molar-refractivity contribution in [1.29, 1.82) is 0 Å². The molecule has 7 heteroatoms. The molecular weight excluding hydrogens is 324 g/mol. The van der Waals surface area contributed by atoms with Gasteiger partial charge in [0.1, 0.15) is 6.61 Å². The number of carbonyl (C=O) groups is 1. The summed E-state index contributed by atoms with van der Waals surface area (Å²) in [6.45, 7) is 1.94. The van der Waals surface area contributed by atoms with Crippen LogP contribution in [-0.4, -0.2) is 34.1 Å². The van der Waals surface area contributed by atoms with Gasteiger partial charge in [-0.3, -0.25) is 0 Å². The molecule has 1 aromatic carbocycles. The Morgan fingerprint density at radius 1 is 1.40 bits per heavy atom. The standard InChI is InChI=1S/C13H13BrN4O2/c14-10-3-1-9(2-4-10)8-20-13(19)12-7-18(17-16-12)11-5-15-6-11/h1-4,7,11,15H,5-6,8H2. The van der Waals surface area contributed by atoms with Gasteiger partial charge in [0.2, 0.25) is 0 Å². The van der Waals surface area contributed by atoms with Crippen LogP contribution in [0.2, 0.25) is 0 Å². The third-order valence-corrected chi connectivity index (χ3v) is 3.67. The summed E-state index contributed by atoms with van der Waals surface area (Å²) in [6, 6.07) is 7.89. The molecule has 0 spiro atoms. The second-order valence-electron chi connectivity index (χ2n) is 4.60. The van der Waals surface area contributed by atoms with Crippen molar-refractivity contribution < 1.29 is 9.53 Å². The smallest absolute Gasteiger partial charge is 0.360 e. The van der Waals surface area contributed by atoms with E-state index < -0.39 is 5.97 Å². The van der Waals surface area contributed by atoms with Crippen LogP contribution in [0.4, 0.5) is 0 Å². The molecule has 3 rings (SSSR count). The number of ether oxygens (including phenoxy) is 1. The number of hydrogen-bond donors (Lipinski definition) is 1. The summed E-state index contributed by atoms with van der Waals surface area (Å²) in [6.07, 6.45) is 1.63. The number of nitrogens with zero attached hydrogens (tertiary/aromatic N) is 3. The van der Waals surface area contributed by atoms with Gasteiger partial charge >= 0.3 is 5.97 Å². The quantitative estimate of drug-likeness (QED) is 0.857. The zero-order valence-electron chi connectivity index (χ0n) is 10.6. The molecule has 0 saturated carbocycles. The molecule has 0 radical (unpaired) electrons. The zero-order chi connectivity index (χ0) is 13.9. The largest absolute Gasteiger partial charge is 0.456 e. The fraction of sp³-hybridized carbons (Fsp3) is 0.308. The van der Waals surface area contributed by atoms with Crippen LogP contribution in [0, 0.1) is 0 Å². The second-order valence-corrected chi connectivity index (χ2v) is 5.51. The van der Waals surface area contributed by atoms with E-state index in [2.05, 4.69) is 31.6 Å². The normalized spacial score (nSPS) is 14.8. The first-order chi connectivity index (χ1) is 9.72. The monoisotopic (exact) mass is 336 g/mol. The van der Waals surface area contributed by atoms with E-state index in [-0.39, 0.29) is 18.3 Å². The molecule has 0 bridgehead atoms. The number of aromatic nitrogens is 3. The molecule has 1 aliphatic rings. The van der Waals surface area contributed by atoms with E-state index in [1.807, 2.05) is 24.3 Å². The van der Waals surface area contributed by atoms with Crippen molar-refractivity contribution in [2.75, 3.05) is 13.1 Å². The molecule has 1 aliphatic heterocycles. The minimum atomic E-state index is -0.452. The average molecular weight is 337 g/mol. The van der Waals surface area contributed by atoms with E-state index >= 15 is 0 Å². The van der Waals surface area contributed by atoms with E-state index in [9.17, 15) is 4.79 Å². The number of esters is 1. The molecular formula is C13H13BrN4O2. The number of carbonyl (C=O) groups excluding carboxylic acids is 1. The van der Waals surface area contributed by atoms with Crippen molar-refractivity contribution in [2.24, 2.45) is 0 Å². The van der Waals surface area contributed by atoms with Gasteiger partial charge in [-0.1, -0.05) is 33.3 Å². The topological polar surface area (TPSA) is 69.0 Å². The summed E-state index contributed by atoms with van der Waals surface area (Å²) < 4.78 is 7.90. The fourth-order valence-corrected chi connectivity index (χ4v) is 2.08. The van der Waals surface area contributed by atoms with Crippen LogP contribution < -0.4 is 5.32 Å². The first-order valence-electron chi connectivity index (χ1n) is 6.26. The summed E-state index contributed by atoms with van der Waals surface area (Å²) >= 11 is 3.36. The Kier molecular flexibility index (Phi) is 3.79. The van der Waals surface area contributed by atoms with Crippen LogP contribution in [-0.2, 0) is 11.3 Å². The molecule has 1 saturated heterocycles. The number of nitrogens with one attached hydrogen (secondary N) is 1. The van der Waals surface area contributed by atoms with E-state index in [0.29, 0.717) is 0 Å². The molecule has 2 heterocycles. The third kappa shape index (κ3) is 2.88. The van der Waals surface area contributed by atoms with Crippen LogP contribution in [0.1, 0.15) is 22.1 Å². The Bertz CT molecular complexity index is 607.